The van der Waals surface area contributed by atoms with Crippen LogP contribution in [-0.2, 0) is 6.18 Å². The van der Waals surface area contributed by atoms with E-state index in [1.807, 2.05) is 20.8 Å². The van der Waals surface area contributed by atoms with E-state index in [9.17, 15) is 13.2 Å². The van der Waals surface area contributed by atoms with Gasteiger partial charge in [0.2, 0.25) is 0 Å². The molecule has 0 bridgehead atoms. The molecule has 0 spiro atoms. The van der Waals surface area contributed by atoms with Crippen molar-refractivity contribution in [2.45, 2.75) is 32.5 Å². The second kappa shape index (κ2) is 4.12. The van der Waals surface area contributed by atoms with Gasteiger partial charge in [-0.1, -0.05) is 11.3 Å². The van der Waals surface area contributed by atoms with Gasteiger partial charge < -0.3 is 5.32 Å². The molecule has 18 heavy (non-hydrogen) atoms. The average Bonchev–Trinajstić information content (AvgIpc) is 2.53. The second-order valence-electron chi connectivity index (χ2n) is 5.07. The minimum Gasteiger partial charge on any atom is -0.357 e. The maximum atomic E-state index is 12.6. The molecule has 6 heteroatoms. The molecule has 0 fully saturated rings. The van der Waals surface area contributed by atoms with E-state index in [2.05, 4.69) is 10.3 Å². The van der Waals surface area contributed by atoms with Crippen LogP contribution in [0.1, 0.15) is 26.3 Å². The number of fused-ring (bicyclic) bond motifs is 1. The molecule has 1 aromatic carbocycles. The summed E-state index contributed by atoms with van der Waals surface area (Å²) in [4.78, 5) is 4.26. The molecule has 1 aromatic heterocycles. The standard InChI is InChI=1S/C12H13F3N2S/c1-11(2,3)17-10-16-8-5-4-7(12(13,14)15)6-9(8)18-10/h4-6H,1-3H3,(H,16,17). The maximum Gasteiger partial charge on any atom is 0.416 e. The lowest BCUT2D eigenvalue weighted by atomic mass is 10.1. The molecule has 0 aliphatic rings. The van der Waals surface area contributed by atoms with E-state index in [1.165, 1.54) is 17.4 Å². The first kappa shape index (κ1) is 13.1. The van der Waals surface area contributed by atoms with Crippen molar-refractivity contribution >= 4 is 26.7 Å². The van der Waals surface area contributed by atoms with Crippen LogP contribution in [-0.4, -0.2) is 10.5 Å². The zero-order chi connectivity index (χ0) is 13.6. The zero-order valence-electron chi connectivity index (χ0n) is 10.2. The van der Waals surface area contributed by atoms with Gasteiger partial charge in [0.1, 0.15) is 0 Å². The number of nitrogens with one attached hydrogen (secondary N) is 1. The van der Waals surface area contributed by atoms with Gasteiger partial charge in [-0.25, -0.2) is 4.98 Å². The van der Waals surface area contributed by atoms with Gasteiger partial charge >= 0.3 is 6.18 Å². The van der Waals surface area contributed by atoms with Crippen molar-refractivity contribution < 1.29 is 13.2 Å². The molecule has 1 heterocycles. The van der Waals surface area contributed by atoms with Gasteiger partial charge in [0, 0.05) is 5.54 Å². The van der Waals surface area contributed by atoms with E-state index >= 15 is 0 Å². The third-order valence-corrected chi connectivity index (χ3v) is 3.13. The molecule has 2 aromatic rings. The second-order valence-corrected chi connectivity index (χ2v) is 6.10. The van der Waals surface area contributed by atoms with Gasteiger partial charge in [0.05, 0.1) is 15.8 Å². The maximum absolute atomic E-state index is 12.6. The SMILES string of the molecule is CC(C)(C)Nc1nc2ccc(C(F)(F)F)cc2s1. The lowest BCUT2D eigenvalue weighted by Gasteiger charge is -2.19. The normalized spacial score (nSPS) is 13.0. The van der Waals surface area contributed by atoms with E-state index in [1.54, 1.807) is 0 Å². The lowest BCUT2D eigenvalue weighted by Crippen LogP contribution is -2.25. The van der Waals surface area contributed by atoms with Crippen molar-refractivity contribution in [3.63, 3.8) is 0 Å². The Morgan fingerprint density at radius 2 is 1.83 bits per heavy atom. The van der Waals surface area contributed by atoms with Gasteiger partial charge in [0.15, 0.2) is 5.13 Å². The topological polar surface area (TPSA) is 24.9 Å². The molecule has 0 aliphatic carbocycles. The van der Waals surface area contributed by atoms with Crippen molar-refractivity contribution in [3.05, 3.63) is 23.8 Å². The predicted octanol–water partition coefficient (Wildman–Crippen LogP) is 4.53. The van der Waals surface area contributed by atoms with Crippen LogP contribution >= 0.6 is 11.3 Å². The summed E-state index contributed by atoms with van der Waals surface area (Å²) in [5, 5.41) is 3.79. The number of halogens is 3. The predicted molar refractivity (Wildman–Crippen MR) is 68.0 cm³/mol. The van der Waals surface area contributed by atoms with Gasteiger partial charge in [0.25, 0.3) is 0 Å². The number of hydrogen-bond donors (Lipinski definition) is 1. The Bertz CT molecular complexity index is 567. The first-order valence-electron chi connectivity index (χ1n) is 5.41. The summed E-state index contributed by atoms with van der Waals surface area (Å²) < 4.78 is 38.2. The fourth-order valence-corrected chi connectivity index (χ4v) is 2.59. The summed E-state index contributed by atoms with van der Waals surface area (Å²) in [6.45, 7) is 5.92. The largest absolute Gasteiger partial charge is 0.416 e. The summed E-state index contributed by atoms with van der Waals surface area (Å²) in [7, 11) is 0. The minimum atomic E-state index is -4.31. The Kier molecular flexibility index (Phi) is 3.01. The molecule has 98 valence electrons. The summed E-state index contributed by atoms with van der Waals surface area (Å²) in [5.74, 6) is 0. The number of nitrogens with zero attached hydrogens (tertiary/aromatic N) is 1. The number of rotatable bonds is 1. The van der Waals surface area contributed by atoms with E-state index in [-0.39, 0.29) is 5.54 Å². The van der Waals surface area contributed by atoms with Crippen LogP contribution in [0.25, 0.3) is 10.2 Å². The fourth-order valence-electron chi connectivity index (χ4n) is 1.48. The highest BCUT2D eigenvalue weighted by molar-refractivity contribution is 7.22. The van der Waals surface area contributed by atoms with Crippen molar-refractivity contribution in [1.29, 1.82) is 0 Å². The number of anilines is 1. The quantitative estimate of drug-likeness (QED) is 0.826. The van der Waals surface area contributed by atoms with Crippen LogP contribution in [0.4, 0.5) is 18.3 Å². The van der Waals surface area contributed by atoms with Crippen LogP contribution in [0.15, 0.2) is 18.2 Å². The number of aromatic nitrogens is 1. The molecule has 0 amide bonds. The minimum absolute atomic E-state index is 0.166. The molecule has 2 rings (SSSR count). The third kappa shape index (κ3) is 2.93. The number of alkyl halides is 3. The van der Waals surface area contributed by atoms with E-state index in [0.29, 0.717) is 15.3 Å². The molecule has 0 atom stereocenters. The Labute approximate surface area is 107 Å². The Balaban J connectivity index is 2.40. The summed E-state index contributed by atoms with van der Waals surface area (Å²) in [6, 6.07) is 3.60. The van der Waals surface area contributed by atoms with Crippen LogP contribution in [0, 0.1) is 0 Å². The van der Waals surface area contributed by atoms with Gasteiger partial charge in [-0.05, 0) is 39.0 Å². The van der Waals surface area contributed by atoms with Gasteiger partial charge in [-0.15, -0.1) is 0 Å². The van der Waals surface area contributed by atoms with Crippen LogP contribution in [0.3, 0.4) is 0 Å². The van der Waals surface area contributed by atoms with Gasteiger partial charge in [-0.3, -0.25) is 0 Å². The van der Waals surface area contributed by atoms with E-state index in [0.717, 1.165) is 12.1 Å². The molecular formula is C12H13F3N2S. The third-order valence-electron chi connectivity index (χ3n) is 2.20. The smallest absolute Gasteiger partial charge is 0.357 e. The van der Waals surface area contributed by atoms with E-state index < -0.39 is 11.7 Å². The van der Waals surface area contributed by atoms with Crippen LogP contribution in [0.2, 0.25) is 0 Å². The first-order chi connectivity index (χ1) is 8.15. The lowest BCUT2D eigenvalue weighted by molar-refractivity contribution is -0.137. The summed E-state index contributed by atoms with van der Waals surface area (Å²) in [6.07, 6.45) is -4.31. The highest BCUT2D eigenvalue weighted by atomic mass is 32.1. The van der Waals surface area contributed by atoms with Crippen molar-refractivity contribution in [1.82, 2.24) is 4.98 Å². The summed E-state index contributed by atoms with van der Waals surface area (Å²) >= 11 is 1.23. The molecule has 0 saturated carbocycles. The average molecular weight is 274 g/mol. The molecule has 2 nitrogen and oxygen atoms in total. The Morgan fingerprint density at radius 3 is 2.39 bits per heavy atom. The number of thiazole rings is 1. The van der Waals surface area contributed by atoms with Gasteiger partial charge in [-0.2, -0.15) is 13.2 Å². The fraction of sp³-hybridized carbons (Fsp3) is 0.417. The number of hydrogen-bond acceptors (Lipinski definition) is 3. The van der Waals surface area contributed by atoms with Crippen LogP contribution in [0.5, 0.6) is 0 Å². The Hall–Kier alpha value is -1.30. The highest BCUT2D eigenvalue weighted by Gasteiger charge is 2.30. The van der Waals surface area contributed by atoms with Crippen molar-refractivity contribution in [2.24, 2.45) is 0 Å². The van der Waals surface area contributed by atoms with Crippen LogP contribution < -0.4 is 5.32 Å². The molecule has 0 aliphatic heterocycles. The molecule has 1 N–H and O–H groups in total. The molecular weight excluding hydrogens is 261 g/mol. The monoisotopic (exact) mass is 274 g/mol. The van der Waals surface area contributed by atoms with E-state index in [4.69, 9.17) is 0 Å². The molecule has 0 saturated heterocycles. The number of benzene rings is 1. The molecule has 0 radical (unpaired) electrons. The first-order valence-corrected chi connectivity index (χ1v) is 6.23. The Morgan fingerprint density at radius 1 is 1.17 bits per heavy atom. The molecule has 0 unspecified atom stereocenters. The highest BCUT2D eigenvalue weighted by Crippen LogP contribution is 2.34. The van der Waals surface area contributed by atoms with Crippen molar-refractivity contribution in [2.75, 3.05) is 5.32 Å². The summed E-state index contributed by atoms with van der Waals surface area (Å²) in [5.41, 5.74) is -0.221. The zero-order valence-corrected chi connectivity index (χ0v) is 11.0. The van der Waals surface area contributed by atoms with Crippen molar-refractivity contribution in [3.8, 4) is 0 Å².